The van der Waals surface area contributed by atoms with Crippen molar-refractivity contribution in [1.82, 2.24) is 0 Å². The lowest BCUT2D eigenvalue weighted by Gasteiger charge is -2.12. The minimum Gasteiger partial charge on any atom is -0.459 e. The molecule has 1 heterocycles. The molecule has 0 amide bonds. The van der Waals surface area contributed by atoms with Crippen molar-refractivity contribution in [1.29, 1.82) is 0 Å². The van der Waals surface area contributed by atoms with Gasteiger partial charge in [-0.15, -0.1) is 0 Å². The van der Waals surface area contributed by atoms with E-state index in [1.807, 2.05) is 6.07 Å². The summed E-state index contributed by atoms with van der Waals surface area (Å²) in [6.45, 7) is 0.0357. The van der Waals surface area contributed by atoms with Crippen LogP contribution in [0.4, 0.5) is 4.39 Å². The summed E-state index contributed by atoms with van der Waals surface area (Å²) in [5.74, 6) is -0.435. The van der Waals surface area contributed by atoms with Crippen LogP contribution in [0.5, 0.6) is 0 Å². The van der Waals surface area contributed by atoms with Crippen LogP contribution in [0.1, 0.15) is 16.8 Å². The summed E-state index contributed by atoms with van der Waals surface area (Å²) in [5, 5.41) is 0. The first-order chi connectivity index (χ1) is 8.70. The molecule has 0 radical (unpaired) electrons. The molecule has 98 valence electrons. The molecule has 0 bridgehead atoms. The van der Waals surface area contributed by atoms with Crippen LogP contribution in [-0.4, -0.2) is 38.3 Å². The molecule has 1 aliphatic heterocycles. The van der Waals surface area contributed by atoms with Crippen LogP contribution in [0, 0.1) is 0 Å². The molecule has 1 fully saturated rings. The van der Waals surface area contributed by atoms with Gasteiger partial charge in [0.25, 0.3) is 0 Å². The first-order valence-electron chi connectivity index (χ1n) is 5.75. The molecule has 0 saturated carbocycles. The molecule has 2 rings (SSSR count). The summed E-state index contributed by atoms with van der Waals surface area (Å²) in [5.41, 5.74) is 0.468. The number of alkyl halides is 1. The molecule has 0 aliphatic carbocycles. The van der Waals surface area contributed by atoms with Crippen LogP contribution >= 0.6 is 0 Å². The van der Waals surface area contributed by atoms with Gasteiger partial charge in [-0.05, 0) is 12.1 Å². The third-order valence-corrected chi connectivity index (χ3v) is 2.75. The van der Waals surface area contributed by atoms with Crippen molar-refractivity contribution in [3.63, 3.8) is 0 Å². The van der Waals surface area contributed by atoms with Crippen molar-refractivity contribution in [3.8, 4) is 0 Å². The number of hydrogen-bond donors (Lipinski definition) is 0. The van der Waals surface area contributed by atoms with Gasteiger partial charge in [0.1, 0.15) is 6.61 Å². The quantitative estimate of drug-likeness (QED) is 0.770. The minimum absolute atomic E-state index is 0.0357. The van der Waals surface area contributed by atoms with Gasteiger partial charge in [0.05, 0.1) is 11.7 Å². The highest BCUT2D eigenvalue weighted by Gasteiger charge is 2.36. The molecule has 3 atom stereocenters. The van der Waals surface area contributed by atoms with Gasteiger partial charge < -0.3 is 14.2 Å². The van der Waals surface area contributed by atoms with Crippen LogP contribution in [0.3, 0.4) is 0 Å². The summed E-state index contributed by atoms with van der Waals surface area (Å²) in [6, 6.07) is 8.64. The Morgan fingerprint density at radius 1 is 1.44 bits per heavy atom. The number of benzene rings is 1. The van der Waals surface area contributed by atoms with Crippen LogP contribution in [0.15, 0.2) is 30.3 Å². The largest absolute Gasteiger partial charge is 0.459 e. The first-order valence-corrected chi connectivity index (χ1v) is 5.75. The van der Waals surface area contributed by atoms with Crippen molar-refractivity contribution in [3.05, 3.63) is 35.9 Å². The summed E-state index contributed by atoms with van der Waals surface area (Å²) < 4.78 is 28.4. The zero-order valence-electron chi connectivity index (χ0n) is 10.0. The fourth-order valence-electron chi connectivity index (χ4n) is 1.83. The van der Waals surface area contributed by atoms with E-state index in [0.29, 0.717) is 5.56 Å². The van der Waals surface area contributed by atoms with Crippen LogP contribution < -0.4 is 0 Å². The Morgan fingerprint density at radius 2 is 2.17 bits per heavy atom. The molecular formula is C13H15FO4. The van der Waals surface area contributed by atoms with Gasteiger partial charge in [0.15, 0.2) is 12.5 Å². The second-order valence-corrected chi connectivity index (χ2v) is 4.08. The fraction of sp³-hybridized carbons (Fsp3) is 0.462. The topological polar surface area (TPSA) is 44.8 Å². The molecule has 18 heavy (non-hydrogen) atoms. The molecule has 0 spiro atoms. The van der Waals surface area contributed by atoms with E-state index in [2.05, 4.69) is 0 Å². The van der Waals surface area contributed by atoms with Crippen molar-refractivity contribution in [2.45, 2.75) is 25.0 Å². The van der Waals surface area contributed by atoms with Gasteiger partial charge in [-0.25, -0.2) is 9.18 Å². The van der Waals surface area contributed by atoms with E-state index < -0.39 is 24.5 Å². The van der Waals surface area contributed by atoms with Crippen molar-refractivity contribution >= 4 is 5.97 Å². The highest BCUT2D eigenvalue weighted by molar-refractivity contribution is 5.89. The maximum Gasteiger partial charge on any atom is 0.338 e. The summed E-state index contributed by atoms with van der Waals surface area (Å²) in [7, 11) is 1.38. The van der Waals surface area contributed by atoms with Gasteiger partial charge in [-0.2, -0.15) is 0 Å². The van der Waals surface area contributed by atoms with Crippen LogP contribution in [-0.2, 0) is 14.2 Å². The number of carbonyl (C=O) groups is 1. The molecule has 3 unspecified atom stereocenters. The molecule has 1 aromatic carbocycles. The molecule has 0 N–H and O–H groups in total. The van der Waals surface area contributed by atoms with Gasteiger partial charge in [0, 0.05) is 13.5 Å². The fourth-order valence-corrected chi connectivity index (χ4v) is 1.83. The number of ether oxygens (including phenoxy) is 3. The highest BCUT2D eigenvalue weighted by atomic mass is 19.1. The van der Waals surface area contributed by atoms with Gasteiger partial charge in [-0.1, -0.05) is 18.2 Å². The van der Waals surface area contributed by atoms with E-state index in [-0.39, 0.29) is 13.0 Å². The van der Waals surface area contributed by atoms with Gasteiger partial charge >= 0.3 is 5.97 Å². The SMILES string of the molecule is COC1OC(COC(=O)c2ccccc2)CC1F. The van der Waals surface area contributed by atoms with E-state index in [1.165, 1.54) is 7.11 Å². The summed E-state index contributed by atoms with van der Waals surface area (Å²) >= 11 is 0. The monoisotopic (exact) mass is 254 g/mol. The summed E-state index contributed by atoms with van der Waals surface area (Å²) in [4.78, 5) is 11.6. The Morgan fingerprint density at radius 3 is 2.78 bits per heavy atom. The second-order valence-electron chi connectivity index (χ2n) is 4.08. The molecule has 1 saturated heterocycles. The number of carbonyl (C=O) groups excluding carboxylic acids is 1. The Bertz CT molecular complexity index is 395. The third kappa shape index (κ3) is 3.05. The lowest BCUT2D eigenvalue weighted by atomic mass is 10.2. The average molecular weight is 254 g/mol. The smallest absolute Gasteiger partial charge is 0.338 e. The Hall–Kier alpha value is -1.46. The zero-order valence-corrected chi connectivity index (χ0v) is 10.0. The number of hydrogen-bond acceptors (Lipinski definition) is 4. The highest BCUT2D eigenvalue weighted by Crippen LogP contribution is 2.24. The number of halogens is 1. The normalized spacial score (nSPS) is 27.1. The molecule has 1 aromatic rings. The van der Waals surface area contributed by atoms with E-state index in [1.54, 1.807) is 24.3 Å². The third-order valence-electron chi connectivity index (χ3n) is 2.75. The zero-order chi connectivity index (χ0) is 13.0. The van der Waals surface area contributed by atoms with Crippen molar-refractivity contribution < 1.29 is 23.4 Å². The lowest BCUT2D eigenvalue weighted by molar-refractivity contribution is -0.141. The first kappa shape index (κ1) is 13.0. The standard InChI is InChI=1S/C13H15FO4/c1-16-13-11(14)7-10(18-13)8-17-12(15)9-5-3-2-4-6-9/h2-6,10-11,13H,7-8H2,1H3. The number of esters is 1. The lowest BCUT2D eigenvalue weighted by Crippen LogP contribution is -2.21. The van der Waals surface area contributed by atoms with Crippen molar-refractivity contribution in [2.24, 2.45) is 0 Å². The minimum atomic E-state index is -1.17. The molecular weight excluding hydrogens is 239 g/mol. The average Bonchev–Trinajstić information content (AvgIpc) is 2.77. The van der Waals surface area contributed by atoms with Crippen LogP contribution in [0.2, 0.25) is 0 Å². The Balaban J connectivity index is 1.81. The number of rotatable bonds is 4. The predicted octanol–water partition coefficient (Wildman–Crippen LogP) is 1.94. The Kier molecular flexibility index (Phi) is 4.28. The van der Waals surface area contributed by atoms with Crippen molar-refractivity contribution in [2.75, 3.05) is 13.7 Å². The van der Waals surface area contributed by atoms with Gasteiger partial charge in [-0.3, -0.25) is 0 Å². The summed E-state index contributed by atoms with van der Waals surface area (Å²) in [6.07, 6.45) is -2.29. The molecule has 4 nitrogen and oxygen atoms in total. The second kappa shape index (κ2) is 5.93. The van der Waals surface area contributed by atoms with E-state index in [0.717, 1.165) is 0 Å². The van der Waals surface area contributed by atoms with E-state index >= 15 is 0 Å². The van der Waals surface area contributed by atoms with Gasteiger partial charge in [0.2, 0.25) is 0 Å². The number of methoxy groups -OCH3 is 1. The van der Waals surface area contributed by atoms with Crippen LogP contribution in [0.25, 0.3) is 0 Å². The molecule has 0 aromatic heterocycles. The maximum atomic E-state index is 13.3. The molecule has 5 heteroatoms. The van der Waals surface area contributed by atoms with E-state index in [4.69, 9.17) is 14.2 Å². The molecule has 1 aliphatic rings. The maximum absolute atomic E-state index is 13.3. The van der Waals surface area contributed by atoms with E-state index in [9.17, 15) is 9.18 Å². The predicted molar refractivity (Wildman–Crippen MR) is 61.9 cm³/mol. The Labute approximate surface area is 105 Å².